The number of rotatable bonds is 6. The van der Waals surface area contributed by atoms with Crippen LogP contribution in [0.2, 0.25) is 0 Å². The van der Waals surface area contributed by atoms with E-state index in [0.717, 1.165) is 35.4 Å². The monoisotopic (exact) mass is 448 g/mol. The lowest BCUT2D eigenvalue weighted by Gasteiger charge is -2.33. The lowest BCUT2D eigenvalue weighted by molar-refractivity contribution is -0.131. The first-order chi connectivity index (χ1) is 16.0. The Balaban J connectivity index is 1.51. The number of piperidine rings is 1. The molecule has 0 aliphatic carbocycles. The third-order valence-corrected chi connectivity index (χ3v) is 6.09. The first-order valence-electron chi connectivity index (χ1n) is 11.2. The Kier molecular flexibility index (Phi) is 6.87. The summed E-state index contributed by atoms with van der Waals surface area (Å²) in [6, 6.07) is 14.3. The number of carbonyl (C=O) groups excluding carboxylic acids is 1. The van der Waals surface area contributed by atoms with Gasteiger partial charge in [-0.25, -0.2) is 14.4 Å². The SMILES string of the molecule is COc1cccc(CC(=O)N2CCC(c3nc(N(C)C)ncc3-c3ccccc3F)CC2)c1. The summed E-state index contributed by atoms with van der Waals surface area (Å²) >= 11 is 0. The predicted molar refractivity (Wildman–Crippen MR) is 127 cm³/mol. The van der Waals surface area contributed by atoms with Crippen molar-refractivity contribution in [1.29, 1.82) is 0 Å². The van der Waals surface area contributed by atoms with Crippen molar-refractivity contribution in [1.82, 2.24) is 14.9 Å². The maximum absolute atomic E-state index is 14.6. The summed E-state index contributed by atoms with van der Waals surface area (Å²) in [4.78, 5) is 25.9. The molecular weight excluding hydrogens is 419 g/mol. The quantitative estimate of drug-likeness (QED) is 0.563. The van der Waals surface area contributed by atoms with Crippen LogP contribution in [0, 0.1) is 5.82 Å². The van der Waals surface area contributed by atoms with E-state index in [0.29, 0.717) is 31.0 Å². The van der Waals surface area contributed by atoms with E-state index in [1.54, 1.807) is 25.4 Å². The van der Waals surface area contributed by atoms with Crippen LogP contribution in [0.3, 0.4) is 0 Å². The number of nitrogens with zero attached hydrogens (tertiary/aromatic N) is 4. The number of ether oxygens (including phenoxy) is 1. The second-order valence-corrected chi connectivity index (χ2v) is 8.53. The van der Waals surface area contributed by atoms with Gasteiger partial charge < -0.3 is 14.5 Å². The van der Waals surface area contributed by atoms with Gasteiger partial charge in [0.15, 0.2) is 0 Å². The zero-order valence-corrected chi connectivity index (χ0v) is 19.3. The molecule has 0 saturated carbocycles. The summed E-state index contributed by atoms with van der Waals surface area (Å²) in [7, 11) is 5.40. The van der Waals surface area contributed by atoms with Crippen molar-refractivity contribution < 1.29 is 13.9 Å². The number of aromatic nitrogens is 2. The predicted octanol–water partition coefficient (Wildman–Crippen LogP) is 4.31. The first-order valence-corrected chi connectivity index (χ1v) is 11.2. The molecule has 3 aromatic rings. The molecule has 7 heteroatoms. The van der Waals surface area contributed by atoms with Crippen molar-refractivity contribution >= 4 is 11.9 Å². The third kappa shape index (κ3) is 5.13. The van der Waals surface area contributed by atoms with Crippen molar-refractivity contribution in [3.8, 4) is 16.9 Å². The summed E-state index contributed by atoms with van der Waals surface area (Å²) < 4.78 is 19.8. The third-order valence-electron chi connectivity index (χ3n) is 6.09. The maximum Gasteiger partial charge on any atom is 0.226 e. The maximum atomic E-state index is 14.6. The fourth-order valence-corrected chi connectivity index (χ4v) is 4.27. The Labute approximate surface area is 194 Å². The molecule has 0 bridgehead atoms. The molecule has 1 amide bonds. The van der Waals surface area contributed by atoms with Gasteiger partial charge in [-0.3, -0.25) is 4.79 Å². The topological polar surface area (TPSA) is 58.6 Å². The van der Waals surface area contributed by atoms with Gasteiger partial charge in [-0.15, -0.1) is 0 Å². The highest BCUT2D eigenvalue weighted by atomic mass is 19.1. The zero-order valence-electron chi connectivity index (χ0n) is 19.3. The molecule has 2 aromatic carbocycles. The summed E-state index contributed by atoms with van der Waals surface area (Å²) in [5.41, 5.74) is 3.02. The van der Waals surface area contributed by atoms with Crippen LogP contribution in [0.1, 0.15) is 30.0 Å². The number of amides is 1. The second kappa shape index (κ2) is 9.98. The van der Waals surface area contributed by atoms with Gasteiger partial charge in [0.25, 0.3) is 0 Å². The number of carbonyl (C=O) groups is 1. The number of likely N-dealkylation sites (tertiary alicyclic amines) is 1. The lowest BCUT2D eigenvalue weighted by Crippen LogP contribution is -2.39. The Morgan fingerprint density at radius 1 is 1.12 bits per heavy atom. The lowest BCUT2D eigenvalue weighted by atomic mass is 9.88. The minimum Gasteiger partial charge on any atom is -0.497 e. The van der Waals surface area contributed by atoms with Crippen molar-refractivity contribution in [2.75, 3.05) is 39.2 Å². The molecule has 1 fully saturated rings. The highest BCUT2D eigenvalue weighted by Crippen LogP contribution is 2.35. The average molecular weight is 449 g/mol. The van der Waals surface area contributed by atoms with Gasteiger partial charge in [-0.05, 0) is 36.6 Å². The van der Waals surface area contributed by atoms with Gasteiger partial charge in [-0.1, -0.05) is 30.3 Å². The summed E-state index contributed by atoms with van der Waals surface area (Å²) in [5.74, 6) is 1.29. The van der Waals surface area contributed by atoms with Crippen LogP contribution in [0.25, 0.3) is 11.1 Å². The van der Waals surface area contributed by atoms with Crippen LogP contribution < -0.4 is 9.64 Å². The molecule has 1 saturated heterocycles. The standard InChI is InChI=1S/C26H29FN4O2/c1-30(2)26-28-17-22(21-9-4-5-10-23(21)27)25(29-26)19-11-13-31(14-12-19)24(32)16-18-7-6-8-20(15-18)33-3/h4-10,15,17,19H,11-14,16H2,1-3H3. The van der Waals surface area contributed by atoms with Crippen LogP contribution in [-0.2, 0) is 11.2 Å². The van der Waals surface area contributed by atoms with Gasteiger partial charge in [-0.2, -0.15) is 0 Å². The summed E-state index contributed by atoms with van der Waals surface area (Å²) in [6.45, 7) is 1.29. The van der Waals surface area contributed by atoms with Crippen LogP contribution in [0.5, 0.6) is 5.75 Å². The minimum atomic E-state index is -0.286. The largest absolute Gasteiger partial charge is 0.497 e. The van der Waals surface area contributed by atoms with E-state index in [-0.39, 0.29) is 17.6 Å². The van der Waals surface area contributed by atoms with E-state index in [1.165, 1.54) is 6.07 Å². The molecule has 6 nitrogen and oxygen atoms in total. The van der Waals surface area contributed by atoms with Crippen LogP contribution >= 0.6 is 0 Å². The van der Waals surface area contributed by atoms with Gasteiger partial charge >= 0.3 is 0 Å². The molecule has 1 aliphatic heterocycles. The number of benzene rings is 2. The molecule has 1 aromatic heterocycles. The van der Waals surface area contributed by atoms with E-state index in [1.807, 2.05) is 54.2 Å². The Morgan fingerprint density at radius 2 is 1.88 bits per heavy atom. The van der Waals surface area contributed by atoms with Crippen LogP contribution in [0.4, 0.5) is 10.3 Å². The highest BCUT2D eigenvalue weighted by molar-refractivity contribution is 5.79. The zero-order chi connectivity index (χ0) is 23.4. The van der Waals surface area contributed by atoms with Crippen LogP contribution in [0.15, 0.2) is 54.7 Å². The van der Waals surface area contributed by atoms with E-state index in [9.17, 15) is 9.18 Å². The highest BCUT2D eigenvalue weighted by Gasteiger charge is 2.28. The second-order valence-electron chi connectivity index (χ2n) is 8.53. The molecule has 0 spiro atoms. The molecule has 0 radical (unpaired) electrons. The summed E-state index contributed by atoms with van der Waals surface area (Å²) in [6.07, 6.45) is 3.61. The Hall–Kier alpha value is -3.48. The Morgan fingerprint density at radius 3 is 2.58 bits per heavy atom. The number of anilines is 1. The fraction of sp³-hybridized carbons (Fsp3) is 0.346. The molecule has 2 heterocycles. The van der Waals surface area contributed by atoms with Gasteiger partial charge in [0.05, 0.1) is 19.2 Å². The van der Waals surface area contributed by atoms with Crippen molar-refractivity contribution in [2.45, 2.75) is 25.2 Å². The normalized spacial score (nSPS) is 14.2. The molecule has 4 rings (SSSR count). The molecule has 0 atom stereocenters. The molecule has 0 unspecified atom stereocenters. The number of hydrogen-bond acceptors (Lipinski definition) is 5. The number of halogens is 1. The smallest absolute Gasteiger partial charge is 0.226 e. The van der Waals surface area contributed by atoms with E-state index >= 15 is 0 Å². The van der Waals surface area contributed by atoms with Crippen molar-refractivity contribution in [3.63, 3.8) is 0 Å². The van der Waals surface area contributed by atoms with Gasteiger partial charge in [0.1, 0.15) is 11.6 Å². The summed E-state index contributed by atoms with van der Waals surface area (Å²) in [5, 5.41) is 0. The minimum absolute atomic E-state index is 0.104. The molecule has 0 N–H and O–H groups in total. The molecule has 33 heavy (non-hydrogen) atoms. The first kappa shape index (κ1) is 22.7. The number of methoxy groups -OCH3 is 1. The Bertz CT molecular complexity index is 1130. The number of hydrogen-bond donors (Lipinski definition) is 0. The van der Waals surface area contributed by atoms with Crippen molar-refractivity contribution in [3.05, 3.63) is 71.8 Å². The van der Waals surface area contributed by atoms with E-state index in [2.05, 4.69) is 4.98 Å². The van der Waals surface area contributed by atoms with Gasteiger partial charge in [0.2, 0.25) is 11.9 Å². The van der Waals surface area contributed by atoms with Crippen molar-refractivity contribution in [2.24, 2.45) is 0 Å². The van der Waals surface area contributed by atoms with E-state index in [4.69, 9.17) is 9.72 Å². The van der Waals surface area contributed by atoms with Gasteiger partial charge in [0, 0.05) is 50.4 Å². The van der Waals surface area contributed by atoms with Crippen LogP contribution in [-0.4, -0.2) is 55.1 Å². The average Bonchev–Trinajstić information content (AvgIpc) is 2.84. The molecule has 172 valence electrons. The fourth-order valence-electron chi connectivity index (χ4n) is 4.27. The molecular formula is C26H29FN4O2. The molecule has 1 aliphatic rings. The van der Waals surface area contributed by atoms with E-state index < -0.39 is 0 Å².